The molecule has 1 aromatic rings. The van der Waals surface area contributed by atoms with Crippen molar-refractivity contribution in [3.8, 4) is 5.75 Å². The highest BCUT2D eigenvalue weighted by Gasteiger charge is 2.31. The Hall–Kier alpha value is -2.54. The average Bonchev–Trinajstić information content (AvgIpc) is 3.28. The van der Waals surface area contributed by atoms with E-state index in [4.69, 9.17) is 9.47 Å². The van der Waals surface area contributed by atoms with Crippen molar-refractivity contribution in [2.45, 2.75) is 71.0 Å². The van der Waals surface area contributed by atoms with E-state index in [0.717, 1.165) is 37.9 Å². The van der Waals surface area contributed by atoms with E-state index < -0.39 is 5.60 Å². The molecule has 2 heterocycles. The van der Waals surface area contributed by atoms with E-state index >= 15 is 0 Å². The summed E-state index contributed by atoms with van der Waals surface area (Å²) >= 11 is 0. The molecule has 7 heteroatoms. The van der Waals surface area contributed by atoms with Gasteiger partial charge in [0, 0.05) is 32.1 Å². The molecule has 2 atom stereocenters. The third kappa shape index (κ3) is 7.00. The Morgan fingerprint density at radius 1 is 1.00 bits per heavy atom. The molecule has 0 radical (unpaired) electrons. The van der Waals surface area contributed by atoms with Crippen LogP contribution in [0.15, 0.2) is 30.3 Å². The first-order chi connectivity index (χ1) is 16.7. The molecule has 0 spiro atoms. The molecule has 4 rings (SSSR count). The van der Waals surface area contributed by atoms with Crippen molar-refractivity contribution in [3.63, 3.8) is 0 Å². The fourth-order valence-corrected chi connectivity index (χ4v) is 5.11. The zero-order valence-electron chi connectivity index (χ0n) is 21.4. The van der Waals surface area contributed by atoms with Gasteiger partial charge < -0.3 is 24.4 Å². The van der Waals surface area contributed by atoms with E-state index in [2.05, 4.69) is 18.2 Å². The van der Waals surface area contributed by atoms with Crippen molar-refractivity contribution in [1.82, 2.24) is 9.80 Å². The average molecular weight is 485 g/mol. The van der Waals surface area contributed by atoms with Gasteiger partial charge >= 0.3 is 6.09 Å². The standard InChI is InChI=1S/C28H40N2O5/c1-28(2,3)35-27(33)29-15-12-20(13-16-29)19-34-25-10-8-22(9-11-25)21-4-6-23(7-5-21)26(32)30-17-14-24(31)18-30/h4,8-11,20,23-24,31H,5-7,12-19H2,1-3H3. The van der Waals surface area contributed by atoms with E-state index in [1.165, 1.54) is 11.1 Å². The van der Waals surface area contributed by atoms with Crippen molar-refractivity contribution in [3.05, 3.63) is 35.9 Å². The number of likely N-dealkylation sites (tertiary alicyclic amines) is 2. The molecule has 2 aliphatic heterocycles. The zero-order chi connectivity index (χ0) is 25.0. The van der Waals surface area contributed by atoms with Gasteiger partial charge in [0.2, 0.25) is 5.91 Å². The third-order valence-corrected chi connectivity index (χ3v) is 7.21. The first kappa shape index (κ1) is 25.5. The van der Waals surface area contributed by atoms with E-state index in [1.807, 2.05) is 37.8 Å². The molecule has 2 saturated heterocycles. The molecule has 0 saturated carbocycles. The number of piperidine rings is 1. The van der Waals surface area contributed by atoms with Gasteiger partial charge in [-0.2, -0.15) is 0 Å². The van der Waals surface area contributed by atoms with Crippen LogP contribution in [0.1, 0.15) is 64.9 Å². The Morgan fingerprint density at radius 2 is 1.69 bits per heavy atom. The molecular formula is C28H40N2O5. The third-order valence-electron chi connectivity index (χ3n) is 7.21. The molecule has 192 valence electrons. The lowest BCUT2D eigenvalue weighted by molar-refractivity contribution is -0.135. The molecule has 1 N–H and O–H groups in total. The Balaban J connectivity index is 1.20. The summed E-state index contributed by atoms with van der Waals surface area (Å²) < 4.78 is 11.5. The minimum Gasteiger partial charge on any atom is -0.493 e. The molecule has 3 aliphatic rings. The van der Waals surface area contributed by atoms with Crippen LogP contribution in [0.4, 0.5) is 4.79 Å². The summed E-state index contributed by atoms with van der Waals surface area (Å²) in [5, 5.41) is 9.70. The molecule has 7 nitrogen and oxygen atoms in total. The van der Waals surface area contributed by atoms with Gasteiger partial charge in [-0.25, -0.2) is 4.79 Å². The number of carbonyl (C=O) groups excluding carboxylic acids is 2. The quantitative estimate of drug-likeness (QED) is 0.666. The van der Waals surface area contributed by atoms with Gasteiger partial charge in [0.05, 0.1) is 12.7 Å². The van der Waals surface area contributed by atoms with Crippen molar-refractivity contribution >= 4 is 17.6 Å². The summed E-state index contributed by atoms with van der Waals surface area (Å²) in [4.78, 5) is 28.5. The number of ether oxygens (including phenoxy) is 2. The second-order valence-corrected chi connectivity index (χ2v) is 11.2. The van der Waals surface area contributed by atoms with Crippen LogP contribution in [-0.4, -0.2) is 71.4 Å². The van der Waals surface area contributed by atoms with Crippen molar-refractivity contribution < 1.29 is 24.2 Å². The number of β-amino-alcohol motifs (C(OH)–C–C–N with tert-alkyl or cyclic N) is 1. The minimum absolute atomic E-state index is 0.0355. The Morgan fingerprint density at radius 3 is 2.26 bits per heavy atom. The highest BCUT2D eigenvalue weighted by Crippen LogP contribution is 2.33. The number of nitrogens with zero attached hydrogens (tertiary/aromatic N) is 2. The van der Waals surface area contributed by atoms with Crippen LogP contribution in [0, 0.1) is 11.8 Å². The Bertz CT molecular complexity index is 912. The van der Waals surface area contributed by atoms with Gasteiger partial charge in [-0.1, -0.05) is 18.2 Å². The van der Waals surface area contributed by atoms with Crippen LogP contribution in [0.25, 0.3) is 5.57 Å². The van der Waals surface area contributed by atoms with Crippen molar-refractivity contribution in [2.24, 2.45) is 11.8 Å². The monoisotopic (exact) mass is 484 g/mol. The van der Waals surface area contributed by atoms with Crippen LogP contribution in [0.5, 0.6) is 5.75 Å². The number of carbonyl (C=O) groups is 2. The fraction of sp³-hybridized carbons (Fsp3) is 0.643. The highest BCUT2D eigenvalue weighted by molar-refractivity contribution is 5.81. The van der Waals surface area contributed by atoms with E-state index in [0.29, 0.717) is 45.1 Å². The summed E-state index contributed by atoms with van der Waals surface area (Å²) in [6, 6.07) is 8.25. The summed E-state index contributed by atoms with van der Waals surface area (Å²) in [7, 11) is 0. The van der Waals surface area contributed by atoms with Gasteiger partial charge in [-0.3, -0.25) is 4.79 Å². The Kier molecular flexibility index (Phi) is 8.05. The SMILES string of the molecule is CC(C)(C)OC(=O)N1CCC(COc2ccc(C3=CCC(C(=O)N4CCC(O)C4)CC3)cc2)CC1. The maximum absolute atomic E-state index is 12.7. The van der Waals surface area contributed by atoms with Gasteiger partial charge in [0.1, 0.15) is 11.4 Å². The normalized spacial score (nSPS) is 23.7. The second kappa shape index (κ2) is 11.0. The summed E-state index contributed by atoms with van der Waals surface area (Å²) in [6.07, 6.45) is 6.66. The number of aliphatic hydroxyl groups excluding tert-OH is 1. The van der Waals surface area contributed by atoms with Gasteiger partial charge in [-0.05, 0) is 88.5 Å². The number of benzene rings is 1. The lowest BCUT2D eigenvalue weighted by Gasteiger charge is -2.33. The summed E-state index contributed by atoms with van der Waals surface area (Å²) in [6.45, 7) is 8.90. The topological polar surface area (TPSA) is 79.3 Å². The van der Waals surface area contributed by atoms with Gasteiger partial charge in [0.25, 0.3) is 0 Å². The van der Waals surface area contributed by atoms with Crippen LogP contribution in [0.2, 0.25) is 0 Å². The second-order valence-electron chi connectivity index (χ2n) is 11.2. The Labute approximate surface area is 209 Å². The minimum atomic E-state index is -0.464. The number of allylic oxidation sites excluding steroid dienone is 2. The van der Waals surface area contributed by atoms with Crippen LogP contribution >= 0.6 is 0 Å². The van der Waals surface area contributed by atoms with Crippen LogP contribution in [-0.2, 0) is 9.53 Å². The largest absolute Gasteiger partial charge is 0.493 e. The smallest absolute Gasteiger partial charge is 0.410 e. The molecular weight excluding hydrogens is 444 g/mol. The van der Waals surface area contributed by atoms with Crippen LogP contribution in [0.3, 0.4) is 0 Å². The van der Waals surface area contributed by atoms with Crippen LogP contribution < -0.4 is 4.74 Å². The first-order valence-corrected chi connectivity index (χ1v) is 13.0. The molecule has 1 aliphatic carbocycles. The molecule has 0 aromatic heterocycles. The summed E-state index contributed by atoms with van der Waals surface area (Å²) in [5.41, 5.74) is 2.01. The maximum Gasteiger partial charge on any atom is 0.410 e. The molecule has 0 bridgehead atoms. The molecule has 2 unspecified atom stereocenters. The molecule has 35 heavy (non-hydrogen) atoms. The number of hydrogen-bond donors (Lipinski definition) is 1. The fourth-order valence-electron chi connectivity index (χ4n) is 5.11. The lowest BCUT2D eigenvalue weighted by atomic mass is 9.86. The van der Waals surface area contributed by atoms with Gasteiger partial charge in [0.15, 0.2) is 0 Å². The predicted octanol–water partition coefficient (Wildman–Crippen LogP) is 4.49. The maximum atomic E-state index is 12.7. The van der Waals surface area contributed by atoms with Crippen molar-refractivity contribution in [1.29, 1.82) is 0 Å². The molecule has 2 amide bonds. The number of hydrogen-bond acceptors (Lipinski definition) is 5. The van der Waals surface area contributed by atoms with E-state index in [9.17, 15) is 14.7 Å². The molecule has 2 fully saturated rings. The predicted molar refractivity (Wildman–Crippen MR) is 135 cm³/mol. The number of rotatable bonds is 5. The zero-order valence-corrected chi connectivity index (χ0v) is 21.4. The lowest BCUT2D eigenvalue weighted by Crippen LogP contribution is -2.42. The number of aliphatic hydroxyl groups is 1. The molecule has 1 aromatic carbocycles. The summed E-state index contributed by atoms with van der Waals surface area (Å²) in [5.74, 6) is 1.52. The number of amides is 2. The van der Waals surface area contributed by atoms with Crippen molar-refractivity contribution in [2.75, 3.05) is 32.8 Å². The van der Waals surface area contributed by atoms with E-state index in [-0.39, 0.29) is 24.0 Å². The van der Waals surface area contributed by atoms with E-state index in [1.54, 1.807) is 4.90 Å². The first-order valence-electron chi connectivity index (χ1n) is 13.0. The highest BCUT2D eigenvalue weighted by atomic mass is 16.6. The van der Waals surface area contributed by atoms with Gasteiger partial charge in [-0.15, -0.1) is 0 Å².